The van der Waals surface area contributed by atoms with Crippen molar-refractivity contribution in [1.82, 2.24) is 4.90 Å². The Morgan fingerprint density at radius 1 is 1.17 bits per heavy atom. The summed E-state index contributed by atoms with van der Waals surface area (Å²) in [5.74, 6) is -1.10. The highest BCUT2D eigenvalue weighted by Gasteiger charge is 2.57. The van der Waals surface area contributed by atoms with Gasteiger partial charge in [-0.3, -0.25) is 0 Å². The Hall–Kier alpha value is -2.61. The maximum atomic E-state index is 14.0. The first-order chi connectivity index (χ1) is 13.4. The Labute approximate surface area is 167 Å². The smallest absolute Gasteiger partial charge is 0.425 e. The van der Waals surface area contributed by atoms with Crippen LogP contribution in [0.5, 0.6) is 5.75 Å². The molecule has 158 valence electrons. The van der Waals surface area contributed by atoms with E-state index >= 15 is 0 Å². The second kappa shape index (κ2) is 8.41. The summed E-state index contributed by atoms with van der Waals surface area (Å²) in [6.07, 6.45) is -3.56. The topological polar surface area (TPSA) is 45.1 Å². The quantitative estimate of drug-likeness (QED) is 0.415. The van der Waals surface area contributed by atoms with Crippen molar-refractivity contribution in [2.75, 3.05) is 14.2 Å². The van der Waals surface area contributed by atoms with E-state index in [9.17, 15) is 22.7 Å². The fourth-order valence-electron chi connectivity index (χ4n) is 2.74. The largest absolute Gasteiger partial charge is 0.496 e. The number of rotatable bonds is 6. The highest BCUT2D eigenvalue weighted by molar-refractivity contribution is 5.66. The number of benzene rings is 2. The molecule has 0 saturated carbocycles. The molecule has 2 rings (SSSR count). The van der Waals surface area contributed by atoms with Crippen molar-refractivity contribution in [2.45, 2.75) is 38.6 Å². The number of halogens is 4. The molecule has 1 unspecified atom stereocenters. The van der Waals surface area contributed by atoms with E-state index in [2.05, 4.69) is 4.99 Å². The summed E-state index contributed by atoms with van der Waals surface area (Å²) in [5.41, 5.74) is -3.84. The van der Waals surface area contributed by atoms with Gasteiger partial charge in [-0.15, -0.1) is 0 Å². The van der Waals surface area contributed by atoms with E-state index in [4.69, 9.17) is 4.74 Å². The van der Waals surface area contributed by atoms with Gasteiger partial charge in [0.05, 0.1) is 19.1 Å². The van der Waals surface area contributed by atoms with E-state index < -0.39 is 28.7 Å². The van der Waals surface area contributed by atoms with Gasteiger partial charge in [-0.25, -0.2) is 9.38 Å². The third-order valence-corrected chi connectivity index (χ3v) is 4.75. The summed E-state index contributed by atoms with van der Waals surface area (Å²) in [4.78, 5) is 6.14. The number of aryl methyl sites for hydroxylation is 1. The Morgan fingerprint density at radius 3 is 2.34 bits per heavy atom. The molecule has 0 amide bonds. The standard InChI is InChI=1S/C21H24F4N2O2/c1-13(2)27(4)12-26-18-11-19(29-5)17(9-14(18)3)20(28,21(23,24)25)15-7-6-8-16(22)10-15/h6-13,28H,1-5H3/b26-12+. The molecule has 0 heterocycles. The van der Waals surface area contributed by atoms with Crippen LogP contribution in [0.25, 0.3) is 0 Å². The minimum atomic E-state index is -5.12. The maximum Gasteiger partial charge on any atom is 0.425 e. The number of hydrogen-bond acceptors (Lipinski definition) is 3. The lowest BCUT2D eigenvalue weighted by Crippen LogP contribution is -2.43. The Balaban J connectivity index is 2.68. The average Bonchev–Trinajstić information content (AvgIpc) is 2.64. The number of aliphatic imine (C=N–C) groups is 1. The van der Waals surface area contributed by atoms with Crippen molar-refractivity contribution in [3.63, 3.8) is 0 Å². The molecule has 0 bridgehead atoms. The molecule has 8 heteroatoms. The number of ether oxygens (including phenoxy) is 1. The summed E-state index contributed by atoms with van der Waals surface area (Å²) in [6, 6.07) is 6.47. The lowest BCUT2D eigenvalue weighted by atomic mass is 9.84. The molecule has 0 aromatic heterocycles. The fraction of sp³-hybridized carbons (Fsp3) is 0.381. The fourth-order valence-corrected chi connectivity index (χ4v) is 2.74. The van der Waals surface area contributed by atoms with E-state index in [0.29, 0.717) is 17.3 Å². The minimum absolute atomic E-state index is 0.184. The third kappa shape index (κ3) is 4.53. The molecule has 0 radical (unpaired) electrons. The van der Waals surface area contributed by atoms with Crippen LogP contribution in [0.4, 0.5) is 23.2 Å². The van der Waals surface area contributed by atoms with E-state index in [1.807, 2.05) is 25.8 Å². The van der Waals surface area contributed by atoms with Gasteiger partial charge in [0.15, 0.2) is 0 Å². The lowest BCUT2D eigenvalue weighted by Gasteiger charge is -2.33. The summed E-state index contributed by atoms with van der Waals surface area (Å²) >= 11 is 0. The van der Waals surface area contributed by atoms with Gasteiger partial charge in [0.2, 0.25) is 5.60 Å². The van der Waals surface area contributed by atoms with Crippen LogP contribution in [-0.2, 0) is 5.60 Å². The van der Waals surface area contributed by atoms with Crippen molar-refractivity contribution in [2.24, 2.45) is 4.99 Å². The van der Waals surface area contributed by atoms with Crippen LogP contribution in [0.15, 0.2) is 41.4 Å². The van der Waals surface area contributed by atoms with Crippen LogP contribution in [0.2, 0.25) is 0 Å². The first kappa shape index (κ1) is 22.7. The molecule has 1 atom stereocenters. The average molecular weight is 412 g/mol. The van der Waals surface area contributed by atoms with Gasteiger partial charge in [-0.2, -0.15) is 13.2 Å². The van der Waals surface area contributed by atoms with E-state index in [-0.39, 0.29) is 11.8 Å². The van der Waals surface area contributed by atoms with Gasteiger partial charge >= 0.3 is 6.18 Å². The van der Waals surface area contributed by atoms with Crippen molar-refractivity contribution in [3.05, 3.63) is 58.9 Å². The van der Waals surface area contributed by atoms with Gasteiger partial charge in [-0.1, -0.05) is 12.1 Å². The second-order valence-electron chi connectivity index (χ2n) is 7.06. The number of hydrogen-bond donors (Lipinski definition) is 1. The van der Waals surface area contributed by atoms with E-state index in [0.717, 1.165) is 18.2 Å². The molecule has 1 N–H and O–H groups in total. The van der Waals surface area contributed by atoms with Crippen molar-refractivity contribution >= 4 is 12.0 Å². The molecule has 4 nitrogen and oxygen atoms in total. The van der Waals surface area contributed by atoms with Crippen LogP contribution in [0.1, 0.15) is 30.5 Å². The van der Waals surface area contributed by atoms with Crippen LogP contribution in [0, 0.1) is 12.7 Å². The SMILES string of the molecule is COc1cc(/N=C/N(C)C(C)C)c(C)cc1C(O)(c1cccc(F)c1)C(F)(F)F. The summed E-state index contributed by atoms with van der Waals surface area (Å²) < 4.78 is 60.9. The number of nitrogens with zero attached hydrogens (tertiary/aromatic N) is 2. The molecule has 2 aromatic carbocycles. The molecule has 0 aliphatic carbocycles. The lowest BCUT2D eigenvalue weighted by molar-refractivity contribution is -0.248. The van der Waals surface area contributed by atoms with E-state index in [1.165, 1.54) is 19.2 Å². The molecule has 0 saturated heterocycles. The molecule has 0 spiro atoms. The first-order valence-electron chi connectivity index (χ1n) is 8.92. The van der Waals surface area contributed by atoms with Crippen LogP contribution in [-0.4, -0.2) is 42.7 Å². The third-order valence-electron chi connectivity index (χ3n) is 4.75. The molecule has 29 heavy (non-hydrogen) atoms. The number of aliphatic hydroxyl groups is 1. The zero-order chi connectivity index (χ0) is 22.0. The Bertz CT molecular complexity index is 897. The predicted molar refractivity (Wildman–Crippen MR) is 104 cm³/mol. The molecule has 0 aliphatic rings. The zero-order valence-corrected chi connectivity index (χ0v) is 16.9. The molecule has 0 fully saturated rings. The molecule has 0 aliphatic heterocycles. The van der Waals surface area contributed by atoms with E-state index in [1.54, 1.807) is 13.3 Å². The Kier molecular flexibility index (Phi) is 6.57. The second-order valence-corrected chi connectivity index (χ2v) is 7.06. The highest BCUT2D eigenvalue weighted by atomic mass is 19.4. The van der Waals surface area contributed by atoms with Gasteiger partial charge < -0.3 is 14.7 Å². The first-order valence-corrected chi connectivity index (χ1v) is 8.92. The molecule has 2 aromatic rings. The predicted octanol–water partition coefficient (Wildman–Crippen LogP) is 4.94. The van der Waals surface area contributed by atoms with Gasteiger partial charge in [-0.05, 0) is 44.5 Å². The maximum absolute atomic E-state index is 14.0. The molecular formula is C21H24F4N2O2. The van der Waals surface area contributed by atoms with Gasteiger partial charge in [0.25, 0.3) is 0 Å². The Morgan fingerprint density at radius 2 is 1.83 bits per heavy atom. The summed E-state index contributed by atoms with van der Waals surface area (Å²) in [5, 5.41) is 10.8. The normalized spacial score (nSPS) is 14.3. The van der Waals surface area contributed by atoms with Crippen molar-refractivity contribution in [1.29, 1.82) is 0 Å². The van der Waals surface area contributed by atoms with Crippen molar-refractivity contribution < 1.29 is 27.4 Å². The minimum Gasteiger partial charge on any atom is -0.496 e. The van der Waals surface area contributed by atoms with Crippen LogP contribution < -0.4 is 4.74 Å². The van der Waals surface area contributed by atoms with Gasteiger partial charge in [0, 0.05) is 30.3 Å². The summed E-state index contributed by atoms with van der Waals surface area (Å²) in [7, 11) is 3.02. The summed E-state index contributed by atoms with van der Waals surface area (Å²) in [6.45, 7) is 5.50. The molecular weight excluding hydrogens is 388 g/mol. The monoisotopic (exact) mass is 412 g/mol. The van der Waals surface area contributed by atoms with Gasteiger partial charge in [0.1, 0.15) is 11.6 Å². The van der Waals surface area contributed by atoms with Crippen LogP contribution >= 0.6 is 0 Å². The highest BCUT2D eigenvalue weighted by Crippen LogP contribution is 2.48. The number of alkyl halides is 3. The number of methoxy groups -OCH3 is 1. The van der Waals surface area contributed by atoms with Crippen LogP contribution in [0.3, 0.4) is 0 Å². The van der Waals surface area contributed by atoms with Crippen molar-refractivity contribution in [3.8, 4) is 5.75 Å². The zero-order valence-electron chi connectivity index (χ0n) is 16.9.